The number of carboxylic acids is 1. The second-order valence-electron chi connectivity index (χ2n) is 5.44. The number of aliphatic hydroxyl groups is 1. The van der Waals surface area contributed by atoms with Crippen LogP contribution in [0.1, 0.15) is 37.5 Å². The Morgan fingerprint density at radius 3 is 2.17 bits per heavy atom. The first-order valence-electron chi connectivity index (χ1n) is 7.04. The average molecular weight is 345 g/mol. The van der Waals surface area contributed by atoms with Gasteiger partial charge in [-0.1, -0.05) is 23.8 Å². The zero-order valence-electron chi connectivity index (χ0n) is 13.1. The van der Waals surface area contributed by atoms with Gasteiger partial charge in [0.2, 0.25) is 0 Å². The van der Waals surface area contributed by atoms with Crippen LogP contribution in [0.2, 0.25) is 0 Å². The van der Waals surface area contributed by atoms with Gasteiger partial charge in [0, 0.05) is 0 Å². The van der Waals surface area contributed by atoms with Crippen LogP contribution < -0.4 is 5.32 Å². The van der Waals surface area contributed by atoms with Crippen molar-refractivity contribution < 1.29 is 33.0 Å². The molecule has 0 aromatic heterocycles. The number of carbonyl (C=O) groups excluding carboxylic acids is 1. The fourth-order valence-electron chi connectivity index (χ4n) is 1.83. The molecule has 1 aromatic carbocycles. The van der Waals surface area contributed by atoms with Crippen LogP contribution in [-0.2, 0) is 15.8 Å². The number of amides is 1. The number of benzene rings is 1. The molecular weight excluding hydrogens is 327 g/mol. The summed E-state index contributed by atoms with van der Waals surface area (Å²) < 4.78 is 37.4. The fourth-order valence-corrected chi connectivity index (χ4v) is 1.83. The number of carbonyl (C=O) groups is 2. The number of halogens is 3. The van der Waals surface area contributed by atoms with Crippen LogP contribution in [0.5, 0.6) is 0 Å². The Hall–Kier alpha value is -2.35. The van der Waals surface area contributed by atoms with Gasteiger partial charge in [-0.25, -0.2) is 4.79 Å². The van der Waals surface area contributed by atoms with Gasteiger partial charge in [-0.15, -0.1) is 0 Å². The molecule has 1 rings (SSSR count). The number of aliphatic hydroxyl groups excluding tert-OH is 1. The lowest BCUT2D eigenvalue weighted by molar-refractivity contribution is -0.143. The molecule has 0 saturated carbocycles. The smallest absolute Gasteiger partial charge is 0.416 e. The molecule has 1 amide bonds. The third kappa shape index (κ3) is 5.69. The van der Waals surface area contributed by atoms with Gasteiger partial charge < -0.3 is 15.5 Å². The Morgan fingerprint density at radius 1 is 1.21 bits per heavy atom. The quantitative estimate of drug-likeness (QED) is 0.692. The van der Waals surface area contributed by atoms with Gasteiger partial charge in [0.25, 0.3) is 5.91 Å². The number of nitrogens with one attached hydrogen (secondary N) is 1. The van der Waals surface area contributed by atoms with E-state index < -0.39 is 35.8 Å². The zero-order valence-corrected chi connectivity index (χ0v) is 13.1. The molecule has 24 heavy (non-hydrogen) atoms. The summed E-state index contributed by atoms with van der Waals surface area (Å²) in [7, 11) is 0. The van der Waals surface area contributed by atoms with Crippen molar-refractivity contribution in [3.05, 3.63) is 47.0 Å². The standard InChI is InChI=1S/C16H18F3NO4/c1-9(2)3-8-12(15(23)24)20-14(22)13(21)10-4-6-11(7-5-10)16(17,18)19/h3-7,12-13,21H,8H2,1-2H3,(H,20,22)(H,23,24)/t12-,13+/m1/s1. The van der Waals surface area contributed by atoms with Crippen molar-refractivity contribution in [3.8, 4) is 0 Å². The predicted molar refractivity (Wildman–Crippen MR) is 80.0 cm³/mol. The van der Waals surface area contributed by atoms with Crippen LogP contribution in [0.3, 0.4) is 0 Å². The third-order valence-corrected chi connectivity index (χ3v) is 3.18. The van der Waals surface area contributed by atoms with Gasteiger partial charge in [-0.05, 0) is 38.0 Å². The highest BCUT2D eigenvalue weighted by Crippen LogP contribution is 2.29. The van der Waals surface area contributed by atoms with E-state index in [-0.39, 0.29) is 12.0 Å². The molecule has 2 atom stereocenters. The van der Waals surface area contributed by atoms with E-state index in [2.05, 4.69) is 5.32 Å². The van der Waals surface area contributed by atoms with Crippen LogP contribution >= 0.6 is 0 Å². The van der Waals surface area contributed by atoms with Gasteiger partial charge in [0.15, 0.2) is 6.10 Å². The molecule has 5 nitrogen and oxygen atoms in total. The minimum atomic E-state index is -4.52. The third-order valence-electron chi connectivity index (χ3n) is 3.18. The second-order valence-corrected chi connectivity index (χ2v) is 5.44. The van der Waals surface area contributed by atoms with Gasteiger partial charge >= 0.3 is 12.1 Å². The highest BCUT2D eigenvalue weighted by molar-refractivity contribution is 5.87. The minimum absolute atomic E-state index is 0.0309. The van der Waals surface area contributed by atoms with Gasteiger partial charge in [-0.2, -0.15) is 13.2 Å². The first-order valence-corrected chi connectivity index (χ1v) is 7.04. The van der Waals surface area contributed by atoms with Crippen molar-refractivity contribution in [3.63, 3.8) is 0 Å². The summed E-state index contributed by atoms with van der Waals surface area (Å²) in [6, 6.07) is 2.18. The molecule has 0 saturated heterocycles. The van der Waals surface area contributed by atoms with Crippen molar-refractivity contribution in [2.75, 3.05) is 0 Å². The summed E-state index contributed by atoms with van der Waals surface area (Å²) in [5.41, 5.74) is -0.114. The molecule has 0 radical (unpaired) electrons. The summed E-state index contributed by atoms with van der Waals surface area (Å²) >= 11 is 0. The number of carboxylic acid groups (broad SMARTS) is 1. The minimum Gasteiger partial charge on any atom is -0.480 e. The van der Waals surface area contributed by atoms with E-state index in [4.69, 9.17) is 5.11 Å². The van der Waals surface area contributed by atoms with Crippen molar-refractivity contribution in [2.45, 2.75) is 38.6 Å². The number of alkyl halides is 3. The van der Waals surface area contributed by atoms with Gasteiger partial charge in [-0.3, -0.25) is 4.79 Å². The molecule has 1 aromatic rings. The molecule has 8 heteroatoms. The van der Waals surface area contributed by atoms with E-state index in [9.17, 15) is 27.9 Å². The summed E-state index contributed by atoms with van der Waals surface area (Å²) in [6.07, 6.45) is -4.64. The maximum Gasteiger partial charge on any atom is 0.416 e. The molecule has 0 heterocycles. The van der Waals surface area contributed by atoms with Crippen LogP contribution in [0.25, 0.3) is 0 Å². The maximum absolute atomic E-state index is 12.5. The van der Waals surface area contributed by atoms with Gasteiger partial charge in [0.05, 0.1) is 5.56 Å². The van der Waals surface area contributed by atoms with E-state index in [0.29, 0.717) is 0 Å². The number of aliphatic carboxylic acids is 1. The SMILES string of the molecule is CC(C)=CC[C@@H](NC(=O)[C@@H](O)c1ccc(C(F)(F)F)cc1)C(=O)O. The lowest BCUT2D eigenvalue weighted by atomic mass is 10.1. The van der Waals surface area contributed by atoms with E-state index in [1.165, 1.54) is 0 Å². The summed E-state index contributed by atoms with van der Waals surface area (Å²) in [5.74, 6) is -2.27. The zero-order chi connectivity index (χ0) is 18.5. The first kappa shape index (κ1) is 19.7. The fraction of sp³-hybridized carbons (Fsp3) is 0.375. The normalized spacial score (nSPS) is 13.8. The molecule has 0 aliphatic rings. The van der Waals surface area contributed by atoms with Crippen molar-refractivity contribution in [1.29, 1.82) is 0 Å². The van der Waals surface area contributed by atoms with E-state index in [1.54, 1.807) is 19.9 Å². The summed E-state index contributed by atoms with van der Waals surface area (Å²) in [6.45, 7) is 3.52. The molecule has 0 aliphatic heterocycles. The maximum atomic E-state index is 12.5. The molecule has 132 valence electrons. The Labute approximate surface area is 136 Å². The molecule has 0 spiro atoms. The predicted octanol–water partition coefficient (Wildman–Crippen LogP) is 2.66. The summed E-state index contributed by atoms with van der Waals surface area (Å²) in [5, 5.41) is 21.1. The second kappa shape index (κ2) is 7.96. The van der Waals surface area contributed by atoms with Crippen LogP contribution in [0, 0.1) is 0 Å². The molecule has 0 unspecified atom stereocenters. The van der Waals surface area contributed by atoms with Crippen LogP contribution in [0.15, 0.2) is 35.9 Å². The van der Waals surface area contributed by atoms with E-state index in [1.807, 2.05) is 0 Å². The van der Waals surface area contributed by atoms with Crippen LogP contribution in [0.4, 0.5) is 13.2 Å². The Balaban J connectivity index is 2.82. The lowest BCUT2D eigenvalue weighted by Crippen LogP contribution is -2.42. The highest BCUT2D eigenvalue weighted by Gasteiger charge is 2.31. The lowest BCUT2D eigenvalue weighted by Gasteiger charge is -2.17. The molecule has 0 fully saturated rings. The van der Waals surface area contributed by atoms with E-state index >= 15 is 0 Å². The molecule has 0 aliphatic carbocycles. The van der Waals surface area contributed by atoms with Gasteiger partial charge in [0.1, 0.15) is 6.04 Å². The Morgan fingerprint density at radius 2 is 1.75 bits per heavy atom. The topological polar surface area (TPSA) is 86.6 Å². The van der Waals surface area contributed by atoms with Crippen molar-refractivity contribution >= 4 is 11.9 Å². The largest absolute Gasteiger partial charge is 0.480 e. The van der Waals surface area contributed by atoms with Crippen LogP contribution in [-0.4, -0.2) is 28.1 Å². The van der Waals surface area contributed by atoms with Crippen molar-refractivity contribution in [1.82, 2.24) is 5.32 Å². The number of allylic oxidation sites excluding steroid dienone is 1. The van der Waals surface area contributed by atoms with Crippen molar-refractivity contribution in [2.24, 2.45) is 0 Å². The Kier molecular flexibility index (Phi) is 6.53. The number of rotatable bonds is 6. The molecular formula is C16H18F3NO4. The first-order chi connectivity index (χ1) is 11.0. The number of hydrogen-bond donors (Lipinski definition) is 3. The monoisotopic (exact) mass is 345 g/mol. The molecule has 3 N–H and O–H groups in total. The summed E-state index contributed by atoms with van der Waals surface area (Å²) in [4.78, 5) is 23.0. The Bertz CT molecular complexity index is 619. The van der Waals surface area contributed by atoms with E-state index in [0.717, 1.165) is 29.8 Å². The highest BCUT2D eigenvalue weighted by atomic mass is 19.4. The number of hydrogen-bond acceptors (Lipinski definition) is 3. The average Bonchev–Trinajstić information content (AvgIpc) is 2.49. The molecule has 0 bridgehead atoms.